The highest BCUT2D eigenvalue weighted by Crippen LogP contribution is 2.37. The molecule has 0 bridgehead atoms. The van der Waals surface area contributed by atoms with Gasteiger partial charge in [-0.25, -0.2) is 0 Å². The molecule has 2 aromatic carbocycles. The number of carbonyl (C=O) groups is 1. The lowest BCUT2D eigenvalue weighted by atomic mass is 9.98. The number of aldehydes is 1. The summed E-state index contributed by atoms with van der Waals surface area (Å²) in [6, 6.07) is 7.08. The van der Waals surface area contributed by atoms with Crippen LogP contribution in [0.25, 0.3) is 11.1 Å². The van der Waals surface area contributed by atoms with Crippen molar-refractivity contribution >= 4 is 6.29 Å². The van der Waals surface area contributed by atoms with Crippen LogP contribution in [0.4, 0.5) is 13.2 Å². The first-order valence-corrected chi connectivity index (χ1v) is 5.90. The van der Waals surface area contributed by atoms with Crippen molar-refractivity contribution < 1.29 is 27.8 Å². The maximum Gasteiger partial charge on any atom is 0.416 e. The maximum atomic E-state index is 12.7. The molecule has 0 aliphatic heterocycles. The number of halogens is 3. The van der Waals surface area contributed by atoms with Gasteiger partial charge in [-0.3, -0.25) is 4.79 Å². The van der Waals surface area contributed by atoms with Crippen molar-refractivity contribution in [3.8, 4) is 22.6 Å². The molecule has 0 unspecified atom stereocenters. The third-order valence-corrected chi connectivity index (χ3v) is 2.98. The van der Waals surface area contributed by atoms with Crippen molar-refractivity contribution in [1.82, 2.24) is 0 Å². The van der Waals surface area contributed by atoms with Gasteiger partial charge in [0.05, 0.1) is 12.7 Å². The number of phenols is 1. The SMILES string of the molecule is COc1cc(-c2cccc(C(F)(F)F)c2)c(C=O)cc1O. The zero-order chi connectivity index (χ0) is 15.6. The van der Waals surface area contributed by atoms with Gasteiger partial charge in [0.2, 0.25) is 0 Å². The predicted octanol–water partition coefficient (Wildman–Crippen LogP) is 3.90. The minimum Gasteiger partial charge on any atom is -0.504 e. The Labute approximate surface area is 118 Å². The molecule has 0 atom stereocenters. The number of phenolic OH excluding ortho intramolecular Hbond substituents is 1. The molecule has 0 fully saturated rings. The molecule has 6 heteroatoms. The van der Waals surface area contributed by atoms with Crippen LogP contribution in [-0.4, -0.2) is 18.5 Å². The minimum absolute atomic E-state index is 0.0765. The molecule has 0 aliphatic carbocycles. The fourth-order valence-corrected chi connectivity index (χ4v) is 1.96. The van der Waals surface area contributed by atoms with Crippen LogP contribution in [0.15, 0.2) is 36.4 Å². The highest BCUT2D eigenvalue weighted by atomic mass is 19.4. The van der Waals surface area contributed by atoms with Gasteiger partial charge in [-0.15, -0.1) is 0 Å². The third kappa shape index (κ3) is 2.99. The molecule has 2 rings (SSSR count). The largest absolute Gasteiger partial charge is 0.504 e. The second-order valence-electron chi connectivity index (χ2n) is 4.31. The summed E-state index contributed by atoms with van der Waals surface area (Å²) < 4.78 is 43.1. The number of hydrogen-bond acceptors (Lipinski definition) is 3. The number of carbonyl (C=O) groups excluding carboxylic acids is 1. The lowest BCUT2D eigenvalue weighted by Crippen LogP contribution is -2.04. The summed E-state index contributed by atoms with van der Waals surface area (Å²) in [6.07, 6.45) is -4.01. The lowest BCUT2D eigenvalue weighted by molar-refractivity contribution is -0.137. The van der Waals surface area contributed by atoms with Gasteiger partial charge in [0.1, 0.15) is 0 Å². The summed E-state index contributed by atoms with van der Waals surface area (Å²) >= 11 is 0. The quantitative estimate of drug-likeness (QED) is 0.874. The highest BCUT2D eigenvalue weighted by Gasteiger charge is 2.30. The second kappa shape index (κ2) is 5.47. The number of rotatable bonds is 3. The first-order chi connectivity index (χ1) is 9.86. The molecule has 0 spiro atoms. The lowest BCUT2D eigenvalue weighted by Gasteiger charge is -2.12. The zero-order valence-corrected chi connectivity index (χ0v) is 10.9. The van der Waals surface area contributed by atoms with Crippen LogP contribution in [0.1, 0.15) is 15.9 Å². The van der Waals surface area contributed by atoms with Crippen molar-refractivity contribution in [3.05, 3.63) is 47.5 Å². The van der Waals surface area contributed by atoms with Crippen molar-refractivity contribution in [3.63, 3.8) is 0 Å². The Morgan fingerprint density at radius 3 is 2.48 bits per heavy atom. The Hall–Kier alpha value is -2.50. The van der Waals surface area contributed by atoms with Gasteiger partial charge in [0.15, 0.2) is 17.8 Å². The van der Waals surface area contributed by atoms with Crippen LogP contribution in [-0.2, 0) is 6.18 Å². The van der Waals surface area contributed by atoms with E-state index >= 15 is 0 Å². The van der Waals surface area contributed by atoms with Gasteiger partial charge in [-0.05, 0) is 35.4 Å². The molecule has 0 amide bonds. The van der Waals surface area contributed by atoms with E-state index in [1.165, 1.54) is 25.3 Å². The van der Waals surface area contributed by atoms with Crippen LogP contribution >= 0.6 is 0 Å². The zero-order valence-electron chi connectivity index (χ0n) is 10.9. The van der Waals surface area contributed by atoms with Crippen LogP contribution < -0.4 is 4.74 Å². The van der Waals surface area contributed by atoms with Crippen LogP contribution in [0.5, 0.6) is 11.5 Å². The Kier molecular flexibility index (Phi) is 3.88. The average Bonchev–Trinajstić information content (AvgIpc) is 2.46. The molecule has 0 saturated carbocycles. The molecule has 0 aromatic heterocycles. The highest BCUT2D eigenvalue weighted by molar-refractivity contribution is 5.89. The Balaban J connectivity index is 2.63. The average molecular weight is 296 g/mol. The second-order valence-corrected chi connectivity index (χ2v) is 4.31. The first-order valence-electron chi connectivity index (χ1n) is 5.90. The van der Waals surface area contributed by atoms with Gasteiger partial charge in [-0.2, -0.15) is 13.2 Å². The Morgan fingerprint density at radius 2 is 1.90 bits per heavy atom. The number of alkyl halides is 3. The fraction of sp³-hybridized carbons (Fsp3) is 0.133. The number of aromatic hydroxyl groups is 1. The van der Waals surface area contributed by atoms with Crippen LogP contribution in [0.2, 0.25) is 0 Å². The molecule has 21 heavy (non-hydrogen) atoms. The van der Waals surface area contributed by atoms with Gasteiger partial charge in [-0.1, -0.05) is 12.1 Å². The number of ether oxygens (including phenoxy) is 1. The fourth-order valence-electron chi connectivity index (χ4n) is 1.96. The summed E-state index contributed by atoms with van der Waals surface area (Å²) in [5.74, 6) is -0.177. The summed E-state index contributed by atoms with van der Waals surface area (Å²) in [4.78, 5) is 11.1. The number of benzene rings is 2. The standard InChI is InChI=1S/C15H11F3O3/c1-21-14-7-12(10(8-19)6-13(14)20)9-3-2-4-11(5-9)15(16,17)18/h2-8,20H,1H3. The smallest absolute Gasteiger partial charge is 0.416 e. The van der Waals surface area contributed by atoms with E-state index in [9.17, 15) is 23.1 Å². The maximum absolute atomic E-state index is 12.7. The molecule has 0 radical (unpaired) electrons. The van der Waals surface area contributed by atoms with E-state index in [0.717, 1.165) is 18.2 Å². The van der Waals surface area contributed by atoms with Crippen molar-refractivity contribution in [1.29, 1.82) is 0 Å². The van der Waals surface area contributed by atoms with E-state index in [2.05, 4.69) is 0 Å². The van der Waals surface area contributed by atoms with Gasteiger partial charge >= 0.3 is 6.18 Å². The third-order valence-electron chi connectivity index (χ3n) is 2.98. The topological polar surface area (TPSA) is 46.5 Å². The molecule has 0 aliphatic rings. The molecular formula is C15H11F3O3. The van der Waals surface area contributed by atoms with Crippen molar-refractivity contribution in [2.75, 3.05) is 7.11 Å². The molecule has 1 N–H and O–H groups in total. The van der Waals surface area contributed by atoms with E-state index < -0.39 is 11.7 Å². The molecule has 0 heterocycles. The first kappa shape index (κ1) is 14.9. The summed E-state index contributed by atoms with van der Waals surface area (Å²) in [7, 11) is 1.31. The molecule has 3 nitrogen and oxygen atoms in total. The van der Waals surface area contributed by atoms with Gasteiger partial charge in [0.25, 0.3) is 0 Å². The van der Waals surface area contributed by atoms with Crippen LogP contribution in [0.3, 0.4) is 0 Å². The molecule has 0 saturated heterocycles. The minimum atomic E-state index is -4.47. The van der Waals surface area contributed by atoms with Crippen molar-refractivity contribution in [2.24, 2.45) is 0 Å². The number of hydrogen-bond donors (Lipinski definition) is 1. The van der Waals surface area contributed by atoms with E-state index in [-0.39, 0.29) is 28.2 Å². The number of methoxy groups -OCH3 is 1. The molecule has 110 valence electrons. The predicted molar refractivity (Wildman–Crippen MR) is 70.5 cm³/mol. The van der Waals surface area contributed by atoms with E-state index in [0.29, 0.717) is 6.29 Å². The molecular weight excluding hydrogens is 285 g/mol. The van der Waals surface area contributed by atoms with Crippen LogP contribution in [0, 0.1) is 0 Å². The van der Waals surface area contributed by atoms with E-state index in [1.54, 1.807) is 0 Å². The summed E-state index contributed by atoms with van der Waals surface area (Å²) in [6.45, 7) is 0. The summed E-state index contributed by atoms with van der Waals surface area (Å²) in [5.41, 5.74) is -0.271. The summed E-state index contributed by atoms with van der Waals surface area (Å²) in [5, 5.41) is 9.61. The van der Waals surface area contributed by atoms with Crippen molar-refractivity contribution in [2.45, 2.75) is 6.18 Å². The normalized spacial score (nSPS) is 11.2. The molecule has 2 aromatic rings. The van der Waals surface area contributed by atoms with Gasteiger partial charge < -0.3 is 9.84 Å². The van der Waals surface area contributed by atoms with Gasteiger partial charge in [0, 0.05) is 5.56 Å². The van der Waals surface area contributed by atoms with E-state index in [4.69, 9.17) is 4.74 Å². The van der Waals surface area contributed by atoms with E-state index in [1.807, 2.05) is 0 Å². The monoisotopic (exact) mass is 296 g/mol. The Morgan fingerprint density at radius 1 is 1.19 bits per heavy atom. The Bertz CT molecular complexity index is 678.